The first-order valence-electron chi connectivity index (χ1n) is 5.90. The van der Waals surface area contributed by atoms with E-state index in [4.69, 9.17) is 11.3 Å². The van der Waals surface area contributed by atoms with Crippen molar-refractivity contribution in [2.24, 2.45) is 0 Å². The Balaban J connectivity index is 2.37. The molecule has 5 nitrogen and oxygen atoms in total. The van der Waals surface area contributed by atoms with Crippen molar-refractivity contribution in [3.05, 3.63) is 53.3 Å². The van der Waals surface area contributed by atoms with E-state index in [9.17, 15) is 4.79 Å². The van der Waals surface area contributed by atoms with Gasteiger partial charge in [-0.15, -0.1) is 0 Å². The first kappa shape index (κ1) is 12.8. The summed E-state index contributed by atoms with van der Waals surface area (Å²) in [6.07, 6.45) is 6.91. The van der Waals surface area contributed by atoms with Gasteiger partial charge in [-0.05, 0) is 30.7 Å². The third kappa shape index (κ3) is 2.80. The van der Waals surface area contributed by atoms with Gasteiger partial charge in [0.1, 0.15) is 5.65 Å². The van der Waals surface area contributed by atoms with Crippen LogP contribution in [0.3, 0.4) is 0 Å². The number of carbonyl (C=O) groups is 1. The average Bonchev–Trinajstić information content (AvgIpc) is 2.82. The van der Waals surface area contributed by atoms with Gasteiger partial charge in [-0.25, -0.2) is 16.4 Å². The van der Waals surface area contributed by atoms with Crippen LogP contribution in [0.25, 0.3) is 16.6 Å². The summed E-state index contributed by atoms with van der Waals surface area (Å²) in [5.74, 6) is -0.391. The molecular formula is C14H13N3O2. The van der Waals surface area contributed by atoms with Crippen LogP contribution in [0.15, 0.2) is 30.6 Å². The summed E-state index contributed by atoms with van der Waals surface area (Å²) in [6.45, 7) is 9.14. The van der Waals surface area contributed by atoms with E-state index in [1.165, 1.54) is 6.20 Å². The second-order valence-electron chi connectivity index (χ2n) is 3.80. The fraction of sp³-hybridized carbons (Fsp3) is 0.214. The molecule has 0 atom stereocenters. The van der Waals surface area contributed by atoms with Crippen molar-refractivity contribution in [1.82, 2.24) is 9.38 Å². The lowest BCUT2D eigenvalue weighted by Crippen LogP contribution is -2.07. The van der Waals surface area contributed by atoms with Crippen molar-refractivity contribution in [2.75, 3.05) is 13.2 Å². The van der Waals surface area contributed by atoms with Crippen molar-refractivity contribution in [2.45, 2.75) is 6.92 Å². The van der Waals surface area contributed by atoms with Gasteiger partial charge in [0.25, 0.3) is 0 Å². The van der Waals surface area contributed by atoms with Crippen LogP contribution < -0.4 is 0 Å². The number of hydrogen-bond acceptors (Lipinski definition) is 3. The molecule has 0 fully saturated rings. The molecule has 0 N–H and O–H groups in total. The van der Waals surface area contributed by atoms with Crippen LogP contribution >= 0.6 is 0 Å². The van der Waals surface area contributed by atoms with Gasteiger partial charge in [-0.3, -0.25) is 4.40 Å². The first-order chi connectivity index (χ1) is 9.26. The normalized spacial score (nSPS) is 10.7. The van der Waals surface area contributed by atoms with Gasteiger partial charge in [0.15, 0.2) is 5.69 Å². The number of rotatable bonds is 4. The molecule has 96 valence electrons. The van der Waals surface area contributed by atoms with E-state index in [0.717, 1.165) is 5.56 Å². The minimum absolute atomic E-state index is 0.330. The first-order valence-corrected chi connectivity index (χ1v) is 5.90. The molecule has 2 aromatic heterocycles. The zero-order chi connectivity index (χ0) is 13.7. The number of ether oxygens (including phenoxy) is 1. The van der Waals surface area contributed by atoms with Crippen LogP contribution in [-0.4, -0.2) is 28.5 Å². The topological polar surface area (TPSA) is 48.0 Å². The van der Waals surface area contributed by atoms with Gasteiger partial charge in [0.05, 0.1) is 12.8 Å². The highest BCUT2D eigenvalue weighted by molar-refractivity contribution is 5.88. The molecule has 2 aromatic rings. The molecule has 0 aromatic carbocycles. The molecule has 0 aliphatic carbocycles. The van der Waals surface area contributed by atoms with E-state index < -0.39 is 5.97 Å². The van der Waals surface area contributed by atoms with Crippen LogP contribution in [0.5, 0.6) is 0 Å². The molecule has 2 rings (SSSR count). The van der Waals surface area contributed by atoms with Crippen LogP contribution in [0.4, 0.5) is 0 Å². The maximum absolute atomic E-state index is 11.8. The molecule has 0 saturated heterocycles. The number of hydrogen-bond donors (Lipinski definition) is 0. The molecule has 0 unspecified atom stereocenters. The average molecular weight is 255 g/mol. The quantitative estimate of drug-likeness (QED) is 0.622. The fourth-order valence-corrected chi connectivity index (χ4v) is 1.69. The number of fused-ring (bicyclic) bond motifs is 1. The molecule has 0 aliphatic heterocycles. The number of aromatic nitrogens is 2. The fourth-order valence-electron chi connectivity index (χ4n) is 1.69. The van der Waals surface area contributed by atoms with E-state index in [0.29, 0.717) is 24.5 Å². The lowest BCUT2D eigenvalue weighted by Gasteiger charge is -2.02. The summed E-state index contributed by atoms with van der Waals surface area (Å²) in [5, 5.41) is 0. The Morgan fingerprint density at radius 1 is 1.58 bits per heavy atom. The highest BCUT2D eigenvalue weighted by atomic mass is 16.5. The van der Waals surface area contributed by atoms with Gasteiger partial charge in [-0.2, -0.15) is 0 Å². The van der Waals surface area contributed by atoms with Crippen molar-refractivity contribution in [1.29, 1.82) is 0 Å². The van der Waals surface area contributed by atoms with Crippen molar-refractivity contribution >= 4 is 17.7 Å². The molecule has 0 aliphatic rings. The van der Waals surface area contributed by atoms with Crippen molar-refractivity contribution in [3.8, 4) is 0 Å². The van der Waals surface area contributed by atoms with Crippen LogP contribution in [0.1, 0.15) is 23.0 Å². The molecule has 2 heterocycles. The van der Waals surface area contributed by atoms with Crippen molar-refractivity contribution in [3.63, 3.8) is 0 Å². The van der Waals surface area contributed by atoms with E-state index in [-0.39, 0.29) is 0 Å². The Bertz CT molecular complexity index is 665. The van der Waals surface area contributed by atoms with Gasteiger partial charge in [-0.1, -0.05) is 6.08 Å². The van der Waals surface area contributed by atoms with E-state index in [1.54, 1.807) is 23.6 Å². The molecule has 0 radical (unpaired) electrons. The maximum atomic E-state index is 11.8. The Morgan fingerprint density at radius 2 is 2.42 bits per heavy atom. The number of carbonyl (C=O) groups excluding carboxylic acids is 1. The SMILES string of the molecule is [C-]#[N+]C/C=C/c1ccc2ncc(C(=O)OCC)n2c1. The molecular weight excluding hydrogens is 242 g/mol. The summed E-state index contributed by atoms with van der Waals surface area (Å²) >= 11 is 0. The highest BCUT2D eigenvalue weighted by Gasteiger charge is 2.12. The summed E-state index contributed by atoms with van der Waals surface area (Å²) in [7, 11) is 0. The number of imidazole rings is 1. The third-order valence-corrected chi connectivity index (χ3v) is 2.52. The summed E-state index contributed by atoms with van der Waals surface area (Å²) in [4.78, 5) is 19.1. The monoisotopic (exact) mass is 255 g/mol. The number of esters is 1. The van der Waals surface area contributed by atoms with Crippen LogP contribution in [0, 0.1) is 6.57 Å². The second-order valence-corrected chi connectivity index (χ2v) is 3.80. The summed E-state index contributed by atoms with van der Waals surface area (Å²) in [5.41, 5.74) is 1.99. The molecule has 0 saturated carbocycles. The van der Waals surface area contributed by atoms with E-state index >= 15 is 0 Å². The summed E-state index contributed by atoms with van der Waals surface area (Å²) < 4.78 is 6.67. The minimum atomic E-state index is -0.391. The smallest absolute Gasteiger partial charge is 0.356 e. The predicted molar refractivity (Wildman–Crippen MR) is 71.7 cm³/mol. The third-order valence-electron chi connectivity index (χ3n) is 2.52. The Morgan fingerprint density at radius 3 is 3.16 bits per heavy atom. The summed E-state index contributed by atoms with van der Waals surface area (Å²) in [6, 6.07) is 3.71. The minimum Gasteiger partial charge on any atom is -0.461 e. The standard InChI is InChI=1S/C14H13N3O2/c1-3-19-14(18)12-9-16-13-7-6-11(10-17(12)13)5-4-8-15-2/h4-7,9-10H,3,8H2,1H3/b5-4+. The lowest BCUT2D eigenvalue weighted by atomic mass is 10.2. The Hall–Kier alpha value is -2.61. The number of nitrogens with zero attached hydrogens (tertiary/aromatic N) is 3. The highest BCUT2D eigenvalue weighted by Crippen LogP contribution is 2.11. The molecule has 0 amide bonds. The Labute approximate surface area is 111 Å². The zero-order valence-corrected chi connectivity index (χ0v) is 10.5. The zero-order valence-electron chi connectivity index (χ0n) is 10.5. The molecule has 5 heteroatoms. The van der Waals surface area contributed by atoms with Crippen molar-refractivity contribution < 1.29 is 9.53 Å². The largest absolute Gasteiger partial charge is 0.461 e. The molecule has 19 heavy (non-hydrogen) atoms. The van der Waals surface area contributed by atoms with E-state index in [1.807, 2.05) is 18.2 Å². The predicted octanol–water partition coefficient (Wildman–Crippen LogP) is 2.44. The second kappa shape index (κ2) is 5.83. The molecule has 0 spiro atoms. The molecule has 0 bridgehead atoms. The van der Waals surface area contributed by atoms with Gasteiger partial charge < -0.3 is 9.58 Å². The lowest BCUT2D eigenvalue weighted by molar-refractivity contribution is 0.0518. The number of pyridine rings is 1. The van der Waals surface area contributed by atoms with Gasteiger partial charge in [0.2, 0.25) is 6.54 Å². The Kier molecular flexibility index (Phi) is 3.94. The van der Waals surface area contributed by atoms with Gasteiger partial charge in [0, 0.05) is 6.20 Å². The van der Waals surface area contributed by atoms with Crippen LogP contribution in [0.2, 0.25) is 0 Å². The van der Waals surface area contributed by atoms with Gasteiger partial charge >= 0.3 is 5.97 Å². The van der Waals surface area contributed by atoms with Crippen LogP contribution in [-0.2, 0) is 4.74 Å². The maximum Gasteiger partial charge on any atom is 0.356 e. The van der Waals surface area contributed by atoms with E-state index in [2.05, 4.69) is 9.83 Å².